The van der Waals surface area contributed by atoms with Gasteiger partial charge in [0.1, 0.15) is 0 Å². The molecule has 1 nitrogen and oxygen atoms in total. The Morgan fingerprint density at radius 1 is 0.938 bits per heavy atom. The van der Waals surface area contributed by atoms with Crippen LogP contribution in [0.2, 0.25) is 0 Å². The van der Waals surface area contributed by atoms with Crippen LogP contribution in [0.5, 0.6) is 0 Å². The van der Waals surface area contributed by atoms with Crippen molar-refractivity contribution in [3.63, 3.8) is 0 Å². The van der Waals surface area contributed by atoms with E-state index in [1.54, 1.807) is 0 Å². The molecule has 0 heterocycles. The Bertz CT molecular complexity index is 503. The molecule has 2 heteroatoms. The summed E-state index contributed by atoms with van der Waals surface area (Å²) < 4.78 is 1.02. The molecular formula is C14H12BrN. The number of nitrogens with zero attached hydrogens (tertiary/aromatic N) is 1. The lowest BCUT2D eigenvalue weighted by Crippen LogP contribution is -1.92. The lowest BCUT2D eigenvalue weighted by molar-refractivity contribution is 1.45. The summed E-state index contributed by atoms with van der Waals surface area (Å²) in [4.78, 5) is 4.60. The third kappa shape index (κ3) is 2.58. The van der Waals surface area contributed by atoms with Gasteiger partial charge in [0.15, 0.2) is 0 Å². The van der Waals surface area contributed by atoms with Crippen LogP contribution in [0.25, 0.3) is 0 Å². The summed E-state index contributed by atoms with van der Waals surface area (Å²) in [5.74, 6) is 0. The van der Waals surface area contributed by atoms with Gasteiger partial charge in [-0.1, -0.05) is 42.5 Å². The summed E-state index contributed by atoms with van der Waals surface area (Å²) in [5, 5.41) is 0. The molecule has 0 spiro atoms. The molecule has 0 unspecified atom stereocenters. The van der Waals surface area contributed by atoms with E-state index in [2.05, 4.69) is 33.1 Å². The first kappa shape index (κ1) is 11.1. The van der Waals surface area contributed by atoms with Crippen molar-refractivity contribution in [1.82, 2.24) is 0 Å². The van der Waals surface area contributed by atoms with Crippen molar-refractivity contribution in [2.24, 2.45) is 4.99 Å². The predicted molar refractivity (Wildman–Crippen MR) is 72.5 cm³/mol. The van der Waals surface area contributed by atoms with E-state index in [0.29, 0.717) is 0 Å². The highest BCUT2D eigenvalue weighted by Gasteiger charge is 1.99. The van der Waals surface area contributed by atoms with E-state index in [-0.39, 0.29) is 0 Å². The van der Waals surface area contributed by atoms with Crippen LogP contribution in [0.3, 0.4) is 0 Å². The van der Waals surface area contributed by atoms with E-state index in [1.807, 2.05) is 49.4 Å². The molecule has 0 aliphatic heterocycles. The molecule has 0 saturated heterocycles. The van der Waals surface area contributed by atoms with Gasteiger partial charge >= 0.3 is 0 Å². The van der Waals surface area contributed by atoms with Gasteiger partial charge in [0, 0.05) is 10.2 Å². The third-order valence-corrected chi connectivity index (χ3v) is 3.00. The molecule has 0 N–H and O–H groups in total. The van der Waals surface area contributed by atoms with Crippen LogP contribution in [0.1, 0.15) is 12.5 Å². The zero-order chi connectivity index (χ0) is 11.4. The average molecular weight is 274 g/mol. The van der Waals surface area contributed by atoms with Crippen LogP contribution in [0.4, 0.5) is 5.69 Å². The van der Waals surface area contributed by atoms with Crippen molar-refractivity contribution >= 4 is 27.3 Å². The normalized spacial score (nSPS) is 11.5. The fraction of sp³-hybridized carbons (Fsp3) is 0.0714. The Morgan fingerprint density at radius 3 is 2.25 bits per heavy atom. The van der Waals surface area contributed by atoms with Crippen LogP contribution in [-0.4, -0.2) is 5.71 Å². The van der Waals surface area contributed by atoms with Gasteiger partial charge in [-0.15, -0.1) is 0 Å². The smallest absolute Gasteiger partial charge is 0.0775 e. The summed E-state index contributed by atoms with van der Waals surface area (Å²) >= 11 is 3.49. The molecule has 0 aliphatic carbocycles. The van der Waals surface area contributed by atoms with Crippen LogP contribution in [0.15, 0.2) is 64.1 Å². The molecule has 0 aromatic heterocycles. The molecule has 0 amide bonds. The molecule has 0 bridgehead atoms. The quantitative estimate of drug-likeness (QED) is 0.710. The standard InChI is InChI=1S/C14H12BrN/c1-11(12-7-3-2-4-8-12)16-14-10-6-5-9-13(14)15/h2-10H,1H3. The summed E-state index contributed by atoms with van der Waals surface area (Å²) in [6.45, 7) is 2.02. The van der Waals surface area contributed by atoms with E-state index >= 15 is 0 Å². The van der Waals surface area contributed by atoms with Gasteiger partial charge < -0.3 is 0 Å². The topological polar surface area (TPSA) is 12.4 Å². The van der Waals surface area contributed by atoms with Gasteiger partial charge in [-0.2, -0.15) is 0 Å². The van der Waals surface area contributed by atoms with E-state index in [4.69, 9.17) is 0 Å². The van der Waals surface area contributed by atoms with Gasteiger partial charge in [-0.25, -0.2) is 0 Å². The second kappa shape index (κ2) is 5.08. The van der Waals surface area contributed by atoms with Gasteiger partial charge in [-0.05, 0) is 40.5 Å². The van der Waals surface area contributed by atoms with Crippen molar-refractivity contribution in [2.45, 2.75) is 6.92 Å². The van der Waals surface area contributed by atoms with Crippen molar-refractivity contribution in [3.05, 3.63) is 64.6 Å². The van der Waals surface area contributed by atoms with Crippen LogP contribution in [-0.2, 0) is 0 Å². The van der Waals surface area contributed by atoms with Crippen molar-refractivity contribution in [1.29, 1.82) is 0 Å². The second-order valence-electron chi connectivity index (χ2n) is 3.51. The SMILES string of the molecule is CC(=Nc1ccccc1Br)c1ccccc1. The van der Waals surface area contributed by atoms with Crippen molar-refractivity contribution in [2.75, 3.05) is 0 Å². The first-order valence-corrected chi connectivity index (χ1v) is 5.92. The van der Waals surface area contributed by atoms with E-state index in [1.165, 1.54) is 0 Å². The lowest BCUT2D eigenvalue weighted by Gasteiger charge is -2.02. The van der Waals surface area contributed by atoms with Gasteiger partial charge in [-0.3, -0.25) is 4.99 Å². The van der Waals surface area contributed by atoms with Crippen LogP contribution >= 0.6 is 15.9 Å². The Balaban J connectivity index is 2.36. The number of benzene rings is 2. The summed E-state index contributed by atoms with van der Waals surface area (Å²) in [5.41, 5.74) is 3.13. The molecule has 0 radical (unpaired) electrons. The van der Waals surface area contributed by atoms with Crippen molar-refractivity contribution < 1.29 is 0 Å². The predicted octanol–water partition coefficient (Wildman–Crippen LogP) is 4.59. The maximum Gasteiger partial charge on any atom is 0.0775 e. The average Bonchev–Trinajstić information content (AvgIpc) is 2.33. The highest BCUT2D eigenvalue weighted by molar-refractivity contribution is 9.10. The second-order valence-corrected chi connectivity index (χ2v) is 4.37. The fourth-order valence-electron chi connectivity index (χ4n) is 1.47. The zero-order valence-electron chi connectivity index (χ0n) is 9.02. The molecule has 0 fully saturated rings. The Morgan fingerprint density at radius 2 is 1.56 bits per heavy atom. The molecule has 2 rings (SSSR count). The Kier molecular flexibility index (Phi) is 3.52. The Labute approximate surface area is 104 Å². The maximum atomic E-state index is 4.60. The minimum Gasteiger partial charge on any atom is -0.252 e. The first-order chi connectivity index (χ1) is 7.77. The molecule has 0 atom stereocenters. The van der Waals surface area contributed by atoms with Gasteiger partial charge in [0.25, 0.3) is 0 Å². The zero-order valence-corrected chi connectivity index (χ0v) is 10.6. The molecule has 0 aliphatic rings. The molecular weight excluding hydrogens is 262 g/mol. The number of hydrogen-bond donors (Lipinski definition) is 0. The molecule has 2 aromatic rings. The third-order valence-electron chi connectivity index (χ3n) is 2.33. The Hall–Kier alpha value is -1.41. The number of hydrogen-bond acceptors (Lipinski definition) is 1. The van der Waals surface area contributed by atoms with E-state index in [9.17, 15) is 0 Å². The fourth-order valence-corrected chi connectivity index (χ4v) is 1.84. The lowest BCUT2D eigenvalue weighted by atomic mass is 10.1. The minimum absolute atomic E-state index is 0.962. The maximum absolute atomic E-state index is 4.60. The molecule has 16 heavy (non-hydrogen) atoms. The molecule has 2 aromatic carbocycles. The molecule has 80 valence electrons. The number of halogens is 1. The van der Waals surface area contributed by atoms with Crippen LogP contribution in [0, 0.1) is 0 Å². The highest BCUT2D eigenvalue weighted by Crippen LogP contribution is 2.25. The van der Waals surface area contributed by atoms with E-state index in [0.717, 1.165) is 21.4 Å². The van der Waals surface area contributed by atoms with Crippen molar-refractivity contribution in [3.8, 4) is 0 Å². The van der Waals surface area contributed by atoms with Crippen LogP contribution < -0.4 is 0 Å². The minimum atomic E-state index is 0.962. The number of rotatable bonds is 2. The summed E-state index contributed by atoms with van der Waals surface area (Å²) in [7, 11) is 0. The van der Waals surface area contributed by atoms with E-state index < -0.39 is 0 Å². The highest BCUT2D eigenvalue weighted by atomic mass is 79.9. The monoisotopic (exact) mass is 273 g/mol. The molecule has 0 saturated carbocycles. The largest absolute Gasteiger partial charge is 0.252 e. The summed E-state index contributed by atoms with van der Waals surface area (Å²) in [6, 6.07) is 18.2. The van der Waals surface area contributed by atoms with Gasteiger partial charge in [0.05, 0.1) is 5.69 Å². The van der Waals surface area contributed by atoms with Gasteiger partial charge in [0.2, 0.25) is 0 Å². The first-order valence-electron chi connectivity index (χ1n) is 5.12. The number of aliphatic imine (C=N–C) groups is 1. The number of para-hydroxylation sites is 1. The summed E-state index contributed by atoms with van der Waals surface area (Å²) in [6.07, 6.45) is 0.